The second-order valence-electron chi connectivity index (χ2n) is 6.45. The molecule has 0 aromatic heterocycles. The van der Waals surface area contributed by atoms with Gasteiger partial charge in [-0.3, -0.25) is 4.79 Å². The molecule has 2 rings (SSSR count). The molecule has 0 aliphatic carbocycles. The molecule has 0 aliphatic rings. The summed E-state index contributed by atoms with van der Waals surface area (Å²) >= 11 is 1.59. The molecular weight excluding hydrogens is 344 g/mol. The first-order chi connectivity index (χ1) is 12.5. The van der Waals surface area contributed by atoms with E-state index in [0.717, 1.165) is 17.1 Å². The van der Waals surface area contributed by atoms with Gasteiger partial charge in [0.05, 0.1) is 18.1 Å². The van der Waals surface area contributed by atoms with Gasteiger partial charge in [0.15, 0.2) is 0 Å². The quantitative estimate of drug-likeness (QED) is 0.522. The van der Waals surface area contributed by atoms with Crippen molar-refractivity contribution in [1.29, 1.82) is 0 Å². The largest absolute Gasteiger partial charge is 0.493 e. The van der Waals surface area contributed by atoms with Crippen LogP contribution in [0.4, 0.5) is 0 Å². The standard InChI is InChI=1S/C21H26N2O2S/c1-16(2)14-25-20-11-9-18(10-12-20)13-22-23-21(24)17(3)26-15-19-7-5-4-6-8-19/h4-13,16-17H,14-15H2,1-3H3,(H,23,24)/b22-13-/t17-/m1/s1. The van der Waals surface area contributed by atoms with Gasteiger partial charge in [-0.1, -0.05) is 44.2 Å². The molecular formula is C21H26N2O2S. The molecule has 1 atom stereocenters. The number of carbonyl (C=O) groups is 1. The van der Waals surface area contributed by atoms with Gasteiger partial charge in [0, 0.05) is 5.75 Å². The molecule has 26 heavy (non-hydrogen) atoms. The van der Waals surface area contributed by atoms with E-state index in [0.29, 0.717) is 12.5 Å². The predicted molar refractivity (Wildman–Crippen MR) is 110 cm³/mol. The van der Waals surface area contributed by atoms with Crippen molar-refractivity contribution in [2.24, 2.45) is 11.0 Å². The van der Waals surface area contributed by atoms with Gasteiger partial charge >= 0.3 is 0 Å². The smallest absolute Gasteiger partial charge is 0.252 e. The summed E-state index contributed by atoms with van der Waals surface area (Å²) in [5, 5.41) is 3.88. The van der Waals surface area contributed by atoms with Gasteiger partial charge in [0.2, 0.25) is 0 Å². The zero-order valence-corrected chi connectivity index (χ0v) is 16.3. The summed E-state index contributed by atoms with van der Waals surface area (Å²) in [4.78, 5) is 12.1. The minimum atomic E-state index is -0.167. The number of amides is 1. The number of thioether (sulfide) groups is 1. The molecule has 2 aromatic carbocycles. The van der Waals surface area contributed by atoms with Gasteiger partial charge < -0.3 is 4.74 Å². The van der Waals surface area contributed by atoms with Gasteiger partial charge in [-0.05, 0) is 48.2 Å². The number of nitrogens with one attached hydrogen (secondary N) is 1. The number of hydrazone groups is 1. The normalized spacial score (nSPS) is 12.3. The predicted octanol–water partition coefficient (Wildman–Crippen LogP) is 4.49. The summed E-state index contributed by atoms with van der Waals surface area (Å²) in [5.74, 6) is 2.04. The Morgan fingerprint density at radius 2 is 1.81 bits per heavy atom. The number of benzene rings is 2. The summed E-state index contributed by atoms with van der Waals surface area (Å²) in [6, 6.07) is 17.8. The average molecular weight is 371 g/mol. The van der Waals surface area contributed by atoms with Crippen LogP contribution in [-0.2, 0) is 10.5 Å². The Morgan fingerprint density at radius 3 is 2.46 bits per heavy atom. The topological polar surface area (TPSA) is 50.7 Å². The van der Waals surface area contributed by atoms with Crippen LogP contribution in [-0.4, -0.2) is 24.0 Å². The number of hydrogen-bond acceptors (Lipinski definition) is 4. The Balaban J connectivity index is 1.75. The van der Waals surface area contributed by atoms with E-state index >= 15 is 0 Å². The third-order valence-electron chi connectivity index (χ3n) is 3.56. The van der Waals surface area contributed by atoms with Gasteiger partial charge in [0.25, 0.3) is 5.91 Å². The molecule has 0 radical (unpaired) electrons. The number of ether oxygens (including phenoxy) is 1. The third kappa shape index (κ3) is 7.31. The number of carbonyl (C=O) groups excluding carboxylic acids is 1. The molecule has 0 aliphatic heterocycles. The van der Waals surface area contributed by atoms with E-state index in [9.17, 15) is 4.79 Å². The highest BCUT2D eigenvalue weighted by Gasteiger charge is 2.12. The maximum atomic E-state index is 12.1. The van der Waals surface area contributed by atoms with Crippen molar-refractivity contribution < 1.29 is 9.53 Å². The SMILES string of the molecule is CC(C)COc1ccc(/C=N\NC(=O)[C@@H](C)SCc2ccccc2)cc1. The average Bonchev–Trinajstić information content (AvgIpc) is 2.66. The third-order valence-corrected chi connectivity index (χ3v) is 4.78. The number of nitrogens with zero attached hydrogens (tertiary/aromatic N) is 1. The first kappa shape index (κ1) is 20.0. The molecule has 0 heterocycles. The second-order valence-corrected chi connectivity index (χ2v) is 7.78. The second kappa shape index (κ2) is 10.7. The van der Waals surface area contributed by atoms with Crippen molar-refractivity contribution in [2.75, 3.05) is 6.61 Å². The van der Waals surface area contributed by atoms with Crippen LogP contribution >= 0.6 is 11.8 Å². The Bertz CT molecular complexity index is 700. The minimum Gasteiger partial charge on any atom is -0.493 e. The van der Waals surface area contributed by atoms with Crippen LogP contribution < -0.4 is 10.2 Å². The van der Waals surface area contributed by atoms with E-state index in [1.54, 1.807) is 18.0 Å². The fourth-order valence-corrected chi connectivity index (χ4v) is 2.88. The number of hydrogen-bond donors (Lipinski definition) is 1. The molecule has 2 aromatic rings. The molecule has 0 saturated carbocycles. The fourth-order valence-electron chi connectivity index (χ4n) is 2.05. The Hall–Kier alpha value is -2.27. The molecule has 0 spiro atoms. The molecule has 0 saturated heterocycles. The zero-order valence-electron chi connectivity index (χ0n) is 15.5. The van der Waals surface area contributed by atoms with Crippen molar-refractivity contribution in [3.63, 3.8) is 0 Å². The molecule has 5 heteroatoms. The molecule has 0 bridgehead atoms. The lowest BCUT2D eigenvalue weighted by molar-refractivity contribution is -0.120. The van der Waals surface area contributed by atoms with Gasteiger partial charge in [-0.25, -0.2) is 5.43 Å². The fraction of sp³-hybridized carbons (Fsp3) is 0.333. The van der Waals surface area contributed by atoms with Crippen LogP contribution in [0.3, 0.4) is 0 Å². The molecule has 1 N–H and O–H groups in total. The number of rotatable bonds is 9. The van der Waals surface area contributed by atoms with Crippen LogP contribution in [0.5, 0.6) is 5.75 Å². The highest BCUT2D eigenvalue weighted by atomic mass is 32.2. The lowest BCUT2D eigenvalue weighted by Crippen LogP contribution is -2.26. The van der Waals surface area contributed by atoms with Crippen molar-refractivity contribution >= 4 is 23.9 Å². The maximum Gasteiger partial charge on any atom is 0.252 e. The molecule has 138 valence electrons. The van der Waals surface area contributed by atoms with E-state index in [1.807, 2.05) is 49.4 Å². The Labute approximate surface area is 160 Å². The maximum absolute atomic E-state index is 12.1. The first-order valence-electron chi connectivity index (χ1n) is 8.76. The molecule has 1 amide bonds. The van der Waals surface area contributed by atoms with E-state index in [1.165, 1.54) is 5.56 Å². The lowest BCUT2D eigenvalue weighted by atomic mass is 10.2. The van der Waals surface area contributed by atoms with Crippen LogP contribution in [0.15, 0.2) is 59.7 Å². The van der Waals surface area contributed by atoms with Gasteiger partial charge in [0.1, 0.15) is 5.75 Å². The molecule has 4 nitrogen and oxygen atoms in total. The van der Waals surface area contributed by atoms with Gasteiger partial charge in [-0.15, -0.1) is 11.8 Å². The van der Waals surface area contributed by atoms with Crippen LogP contribution in [0.25, 0.3) is 0 Å². The summed E-state index contributed by atoms with van der Waals surface area (Å²) < 4.78 is 5.64. The van der Waals surface area contributed by atoms with E-state index < -0.39 is 0 Å². The summed E-state index contributed by atoms with van der Waals surface area (Å²) in [6.07, 6.45) is 1.64. The minimum absolute atomic E-state index is 0.0981. The highest BCUT2D eigenvalue weighted by Crippen LogP contribution is 2.17. The van der Waals surface area contributed by atoms with Crippen LogP contribution in [0, 0.1) is 5.92 Å². The molecule has 0 fully saturated rings. The summed E-state index contributed by atoms with van der Waals surface area (Å²) in [5.41, 5.74) is 4.72. The van der Waals surface area contributed by atoms with E-state index in [4.69, 9.17) is 4.74 Å². The first-order valence-corrected chi connectivity index (χ1v) is 9.81. The Morgan fingerprint density at radius 1 is 1.12 bits per heavy atom. The van der Waals surface area contributed by atoms with Crippen molar-refractivity contribution in [3.05, 3.63) is 65.7 Å². The van der Waals surface area contributed by atoms with Crippen LogP contribution in [0.1, 0.15) is 31.9 Å². The van der Waals surface area contributed by atoms with Crippen molar-refractivity contribution in [2.45, 2.75) is 31.8 Å². The van der Waals surface area contributed by atoms with Crippen molar-refractivity contribution in [1.82, 2.24) is 5.43 Å². The molecule has 0 unspecified atom stereocenters. The summed E-state index contributed by atoms with van der Waals surface area (Å²) in [7, 11) is 0. The summed E-state index contributed by atoms with van der Waals surface area (Å²) in [6.45, 7) is 6.81. The lowest BCUT2D eigenvalue weighted by Gasteiger charge is -2.09. The van der Waals surface area contributed by atoms with E-state index in [2.05, 4.69) is 36.5 Å². The van der Waals surface area contributed by atoms with E-state index in [-0.39, 0.29) is 11.2 Å². The van der Waals surface area contributed by atoms with Crippen LogP contribution in [0.2, 0.25) is 0 Å². The zero-order chi connectivity index (χ0) is 18.8. The highest BCUT2D eigenvalue weighted by molar-refractivity contribution is 7.99. The van der Waals surface area contributed by atoms with Crippen molar-refractivity contribution in [3.8, 4) is 5.75 Å². The Kier molecular flexibility index (Phi) is 8.22. The monoisotopic (exact) mass is 370 g/mol. The van der Waals surface area contributed by atoms with Gasteiger partial charge in [-0.2, -0.15) is 5.10 Å².